The average molecular weight is 225 g/mol. The number of hydrogen-bond acceptors (Lipinski definition) is 4. The van der Waals surface area contributed by atoms with E-state index >= 15 is 0 Å². The third-order valence-electron chi connectivity index (χ3n) is 1.91. The lowest BCUT2D eigenvalue weighted by Gasteiger charge is -2.10. The van der Waals surface area contributed by atoms with Crippen molar-refractivity contribution in [2.75, 3.05) is 18.7 Å². The van der Waals surface area contributed by atoms with E-state index in [4.69, 9.17) is 27.3 Å². The number of ketones is 1. The zero-order chi connectivity index (χ0) is 11.4. The van der Waals surface area contributed by atoms with Gasteiger partial charge in [0.1, 0.15) is 6.07 Å². The highest BCUT2D eigenvalue weighted by Gasteiger charge is 2.18. The summed E-state index contributed by atoms with van der Waals surface area (Å²) in [4.78, 5) is 11.5. The van der Waals surface area contributed by atoms with Crippen molar-refractivity contribution in [3.05, 3.63) is 23.3 Å². The van der Waals surface area contributed by atoms with E-state index in [9.17, 15) is 4.79 Å². The largest absolute Gasteiger partial charge is 0.494 e. The van der Waals surface area contributed by atoms with Crippen molar-refractivity contribution >= 4 is 23.1 Å². The molecule has 0 heterocycles. The van der Waals surface area contributed by atoms with Crippen molar-refractivity contribution in [1.29, 1.82) is 5.26 Å². The lowest BCUT2D eigenvalue weighted by Crippen LogP contribution is -2.08. The lowest BCUT2D eigenvalue weighted by atomic mass is 10.0. The second-order valence-electron chi connectivity index (χ2n) is 2.78. The van der Waals surface area contributed by atoms with Gasteiger partial charge >= 0.3 is 0 Å². The van der Waals surface area contributed by atoms with Gasteiger partial charge in [-0.15, -0.1) is 11.6 Å². The minimum Gasteiger partial charge on any atom is -0.494 e. The second kappa shape index (κ2) is 4.67. The van der Waals surface area contributed by atoms with Crippen molar-refractivity contribution in [2.45, 2.75) is 0 Å². The summed E-state index contributed by atoms with van der Waals surface area (Å²) < 4.78 is 4.99. The molecular formula is C10H9ClN2O2. The first kappa shape index (κ1) is 11.3. The predicted molar refractivity (Wildman–Crippen MR) is 57.2 cm³/mol. The SMILES string of the molecule is COc1c(N)ccc(C#N)c1C(=O)CCl. The number of ether oxygens (including phenoxy) is 1. The Kier molecular flexibility index (Phi) is 3.53. The highest BCUT2D eigenvalue weighted by molar-refractivity contribution is 6.31. The number of alkyl halides is 1. The Hall–Kier alpha value is -1.73. The summed E-state index contributed by atoms with van der Waals surface area (Å²) >= 11 is 5.44. The summed E-state index contributed by atoms with van der Waals surface area (Å²) in [6.07, 6.45) is 0. The highest BCUT2D eigenvalue weighted by Crippen LogP contribution is 2.29. The number of nitrogens with zero attached hydrogens (tertiary/aromatic N) is 1. The van der Waals surface area contributed by atoms with Crippen LogP contribution in [0.4, 0.5) is 5.69 Å². The van der Waals surface area contributed by atoms with E-state index in [0.29, 0.717) is 5.69 Å². The molecule has 1 rings (SSSR count). The van der Waals surface area contributed by atoms with Crippen LogP contribution < -0.4 is 10.5 Å². The minimum atomic E-state index is -0.377. The molecule has 0 aliphatic rings. The first-order valence-corrected chi connectivity index (χ1v) is 4.64. The Morgan fingerprint density at radius 2 is 2.33 bits per heavy atom. The van der Waals surface area contributed by atoms with Crippen molar-refractivity contribution < 1.29 is 9.53 Å². The van der Waals surface area contributed by atoms with Gasteiger partial charge in [-0.1, -0.05) is 0 Å². The van der Waals surface area contributed by atoms with E-state index in [1.807, 2.05) is 6.07 Å². The molecule has 0 unspecified atom stereocenters. The van der Waals surface area contributed by atoms with Gasteiger partial charge in [-0.05, 0) is 12.1 Å². The zero-order valence-corrected chi connectivity index (χ0v) is 8.84. The van der Waals surface area contributed by atoms with Crippen LogP contribution in [0.1, 0.15) is 15.9 Å². The Balaban J connectivity index is 3.49. The number of Topliss-reactive ketones (excluding diaryl/α,β-unsaturated/α-hetero) is 1. The maximum atomic E-state index is 11.5. The number of nitrogen functional groups attached to an aromatic ring is 1. The number of carbonyl (C=O) groups excluding carboxylic acids is 1. The molecule has 2 N–H and O–H groups in total. The number of halogens is 1. The molecule has 0 saturated carbocycles. The number of rotatable bonds is 3. The molecule has 0 bridgehead atoms. The number of nitriles is 1. The Labute approximate surface area is 92.2 Å². The van der Waals surface area contributed by atoms with Crippen molar-refractivity contribution in [3.8, 4) is 11.8 Å². The Morgan fingerprint density at radius 3 is 2.80 bits per heavy atom. The monoisotopic (exact) mass is 224 g/mol. The van der Waals surface area contributed by atoms with Gasteiger partial charge in [0.15, 0.2) is 11.5 Å². The Morgan fingerprint density at radius 1 is 1.67 bits per heavy atom. The fraction of sp³-hybridized carbons (Fsp3) is 0.200. The second-order valence-corrected chi connectivity index (χ2v) is 3.05. The Bertz CT molecular complexity index is 438. The van der Waals surface area contributed by atoms with E-state index in [1.165, 1.54) is 19.2 Å². The van der Waals surface area contributed by atoms with E-state index < -0.39 is 0 Å². The summed E-state index contributed by atoms with van der Waals surface area (Å²) in [5.74, 6) is -0.383. The maximum Gasteiger partial charge on any atom is 0.182 e. The molecule has 0 atom stereocenters. The summed E-state index contributed by atoms with van der Waals surface area (Å²) in [7, 11) is 1.39. The number of carbonyl (C=O) groups is 1. The molecule has 78 valence electrons. The van der Waals surface area contributed by atoms with E-state index in [1.54, 1.807) is 0 Å². The molecule has 0 fully saturated rings. The quantitative estimate of drug-likeness (QED) is 0.480. The van der Waals surface area contributed by atoms with Crippen LogP contribution in [0.25, 0.3) is 0 Å². The minimum absolute atomic E-state index is 0.148. The standard InChI is InChI=1S/C10H9ClN2O2/c1-15-10-7(13)3-2-6(5-12)9(10)8(14)4-11/h2-3H,4,13H2,1H3. The molecule has 0 saturated heterocycles. The third kappa shape index (κ3) is 2.03. The summed E-state index contributed by atoms with van der Waals surface area (Å²) in [6, 6.07) is 4.88. The van der Waals surface area contributed by atoms with Gasteiger partial charge in [-0.25, -0.2) is 0 Å². The lowest BCUT2D eigenvalue weighted by molar-refractivity contribution is 0.101. The molecule has 0 amide bonds. The molecule has 1 aromatic carbocycles. The summed E-state index contributed by atoms with van der Waals surface area (Å²) in [5.41, 5.74) is 6.29. The average Bonchev–Trinajstić information content (AvgIpc) is 2.27. The molecule has 0 aliphatic carbocycles. The number of methoxy groups -OCH3 is 1. The number of hydrogen-bond donors (Lipinski definition) is 1. The first-order valence-electron chi connectivity index (χ1n) is 4.11. The van der Waals surface area contributed by atoms with Gasteiger partial charge in [-0.2, -0.15) is 5.26 Å². The van der Waals surface area contributed by atoms with E-state index in [2.05, 4.69) is 0 Å². The van der Waals surface area contributed by atoms with Crippen LogP contribution in [0.2, 0.25) is 0 Å². The molecule has 5 heteroatoms. The van der Waals surface area contributed by atoms with Crippen LogP contribution in [-0.2, 0) is 0 Å². The van der Waals surface area contributed by atoms with Crippen LogP contribution in [0.15, 0.2) is 12.1 Å². The number of benzene rings is 1. The van der Waals surface area contributed by atoms with Gasteiger partial charge in [0.2, 0.25) is 0 Å². The maximum absolute atomic E-state index is 11.5. The molecule has 0 aromatic heterocycles. The van der Waals surface area contributed by atoms with Crippen LogP contribution >= 0.6 is 11.6 Å². The van der Waals surface area contributed by atoms with Crippen LogP contribution in [0.5, 0.6) is 5.75 Å². The fourth-order valence-corrected chi connectivity index (χ4v) is 1.39. The van der Waals surface area contributed by atoms with Crippen molar-refractivity contribution in [1.82, 2.24) is 0 Å². The molecule has 0 radical (unpaired) electrons. The fourth-order valence-electron chi connectivity index (χ4n) is 1.26. The highest BCUT2D eigenvalue weighted by atomic mass is 35.5. The zero-order valence-electron chi connectivity index (χ0n) is 8.08. The van der Waals surface area contributed by atoms with Gasteiger partial charge < -0.3 is 10.5 Å². The van der Waals surface area contributed by atoms with Gasteiger partial charge in [-0.3, -0.25) is 4.79 Å². The topological polar surface area (TPSA) is 76.1 Å². The molecule has 4 nitrogen and oxygen atoms in total. The normalized spacial score (nSPS) is 9.40. The number of nitrogens with two attached hydrogens (primary N) is 1. The van der Waals surface area contributed by atoms with Crippen LogP contribution in [0, 0.1) is 11.3 Å². The van der Waals surface area contributed by atoms with E-state index in [-0.39, 0.29) is 28.5 Å². The van der Waals surface area contributed by atoms with Crippen LogP contribution in [-0.4, -0.2) is 18.8 Å². The molecular weight excluding hydrogens is 216 g/mol. The van der Waals surface area contributed by atoms with Crippen molar-refractivity contribution in [3.63, 3.8) is 0 Å². The molecule has 0 spiro atoms. The smallest absolute Gasteiger partial charge is 0.182 e. The summed E-state index contributed by atoms with van der Waals surface area (Å²) in [6.45, 7) is 0. The predicted octanol–water partition coefficient (Wildman–Crippen LogP) is 1.57. The molecule has 1 aromatic rings. The van der Waals surface area contributed by atoms with Crippen LogP contribution in [0.3, 0.4) is 0 Å². The number of anilines is 1. The first-order chi connectivity index (χ1) is 7.15. The van der Waals surface area contributed by atoms with Gasteiger partial charge in [0.25, 0.3) is 0 Å². The van der Waals surface area contributed by atoms with Crippen molar-refractivity contribution in [2.24, 2.45) is 0 Å². The van der Waals surface area contributed by atoms with E-state index in [0.717, 1.165) is 0 Å². The summed E-state index contributed by atoms with van der Waals surface area (Å²) in [5, 5.41) is 8.83. The van der Waals surface area contributed by atoms with Gasteiger partial charge in [0.05, 0.1) is 29.8 Å². The third-order valence-corrected chi connectivity index (χ3v) is 2.16. The molecule has 0 aliphatic heterocycles. The molecule has 15 heavy (non-hydrogen) atoms. The van der Waals surface area contributed by atoms with Gasteiger partial charge in [0, 0.05) is 0 Å².